The fourth-order valence-corrected chi connectivity index (χ4v) is 4.16. The molecule has 0 amide bonds. The Hall–Kier alpha value is -0.130. The van der Waals surface area contributed by atoms with Crippen molar-refractivity contribution in [1.82, 2.24) is 5.32 Å². The highest BCUT2D eigenvalue weighted by molar-refractivity contribution is 7.92. The van der Waals surface area contributed by atoms with Gasteiger partial charge in [-0.05, 0) is 25.8 Å². The monoisotopic (exact) mass is 263 g/mol. The number of ether oxygens (including phenoxy) is 1. The molecule has 0 aromatic heterocycles. The van der Waals surface area contributed by atoms with Crippen molar-refractivity contribution >= 4 is 9.84 Å². The summed E-state index contributed by atoms with van der Waals surface area (Å²) < 4.78 is 29.7. The van der Waals surface area contributed by atoms with Crippen LogP contribution in [0.5, 0.6) is 0 Å². The van der Waals surface area contributed by atoms with Crippen LogP contribution < -0.4 is 5.32 Å². The highest BCUT2D eigenvalue weighted by Gasteiger charge is 2.35. The topological polar surface area (TPSA) is 55.4 Å². The van der Waals surface area contributed by atoms with Gasteiger partial charge in [-0.15, -0.1) is 0 Å². The molecule has 4 nitrogen and oxygen atoms in total. The molecule has 1 fully saturated rings. The van der Waals surface area contributed by atoms with Gasteiger partial charge in [0.15, 0.2) is 9.84 Å². The van der Waals surface area contributed by atoms with Gasteiger partial charge in [0.2, 0.25) is 0 Å². The summed E-state index contributed by atoms with van der Waals surface area (Å²) in [6, 6.07) is 0.0746. The van der Waals surface area contributed by atoms with Gasteiger partial charge in [-0.2, -0.15) is 0 Å². The van der Waals surface area contributed by atoms with Crippen LogP contribution in [-0.2, 0) is 14.6 Å². The van der Waals surface area contributed by atoms with E-state index >= 15 is 0 Å². The second-order valence-corrected chi connectivity index (χ2v) is 7.02. The standard InChI is InChI=1S/C12H25NO3S/c1-3-5-9-17(14,15)12-10-16-8-6-11(12)13-7-4-2/h11-13H,3-10H2,1-2H3. The van der Waals surface area contributed by atoms with Crippen LogP contribution in [0.1, 0.15) is 39.5 Å². The highest BCUT2D eigenvalue weighted by atomic mass is 32.2. The molecule has 0 aromatic rings. The molecule has 1 aliphatic heterocycles. The van der Waals surface area contributed by atoms with Crippen LogP contribution in [0.15, 0.2) is 0 Å². The molecule has 102 valence electrons. The smallest absolute Gasteiger partial charge is 0.156 e. The fraction of sp³-hybridized carbons (Fsp3) is 1.00. The molecule has 2 atom stereocenters. The summed E-state index contributed by atoms with van der Waals surface area (Å²) in [7, 11) is -3.01. The van der Waals surface area contributed by atoms with Crippen molar-refractivity contribution in [3.63, 3.8) is 0 Å². The Kier molecular flexibility index (Phi) is 6.44. The Bertz CT molecular complexity index is 303. The van der Waals surface area contributed by atoms with E-state index in [0.717, 1.165) is 32.2 Å². The quantitative estimate of drug-likeness (QED) is 0.753. The molecule has 0 bridgehead atoms. The molecular formula is C12H25NO3S. The number of nitrogens with one attached hydrogen (secondary N) is 1. The Morgan fingerprint density at radius 1 is 1.29 bits per heavy atom. The van der Waals surface area contributed by atoms with E-state index in [1.807, 2.05) is 6.92 Å². The minimum atomic E-state index is -3.01. The maximum atomic E-state index is 12.2. The first-order chi connectivity index (χ1) is 8.11. The zero-order valence-corrected chi connectivity index (χ0v) is 11.8. The Balaban J connectivity index is 2.62. The largest absolute Gasteiger partial charge is 0.380 e. The normalized spacial score (nSPS) is 26.0. The van der Waals surface area contributed by atoms with Crippen LogP contribution in [0, 0.1) is 0 Å². The van der Waals surface area contributed by atoms with Crippen LogP contribution in [0.3, 0.4) is 0 Å². The van der Waals surface area contributed by atoms with Crippen molar-refractivity contribution in [2.75, 3.05) is 25.5 Å². The van der Waals surface area contributed by atoms with Crippen molar-refractivity contribution in [3.05, 3.63) is 0 Å². The lowest BCUT2D eigenvalue weighted by molar-refractivity contribution is 0.0808. The van der Waals surface area contributed by atoms with Crippen LogP contribution in [0.2, 0.25) is 0 Å². The van der Waals surface area contributed by atoms with Gasteiger partial charge < -0.3 is 10.1 Å². The van der Waals surface area contributed by atoms with Crippen molar-refractivity contribution < 1.29 is 13.2 Å². The average Bonchev–Trinajstić information content (AvgIpc) is 2.34. The van der Waals surface area contributed by atoms with Gasteiger partial charge in [0, 0.05) is 12.6 Å². The van der Waals surface area contributed by atoms with Crippen LogP contribution >= 0.6 is 0 Å². The lowest BCUT2D eigenvalue weighted by atomic mass is 10.1. The van der Waals surface area contributed by atoms with Crippen LogP contribution in [-0.4, -0.2) is 45.2 Å². The van der Waals surface area contributed by atoms with Gasteiger partial charge >= 0.3 is 0 Å². The zero-order chi connectivity index (χ0) is 12.7. The molecule has 17 heavy (non-hydrogen) atoms. The highest BCUT2D eigenvalue weighted by Crippen LogP contribution is 2.17. The van der Waals surface area contributed by atoms with Gasteiger partial charge in [0.1, 0.15) is 0 Å². The summed E-state index contributed by atoms with van der Waals surface area (Å²) in [5.41, 5.74) is 0. The second kappa shape index (κ2) is 7.34. The molecule has 1 aliphatic rings. The lowest BCUT2D eigenvalue weighted by Crippen LogP contribution is -2.51. The summed E-state index contributed by atoms with van der Waals surface area (Å²) in [6.45, 7) is 6.01. The first kappa shape index (κ1) is 14.9. The van der Waals surface area contributed by atoms with Crippen molar-refractivity contribution in [2.45, 2.75) is 50.8 Å². The summed E-state index contributed by atoms with van der Waals surface area (Å²) in [5, 5.41) is 2.99. The van der Waals surface area contributed by atoms with Crippen LogP contribution in [0.25, 0.3) is 0 Å². The van der Waals surface area contributed by atoms with E-state index in [4.69, 9.17) is 4.74 Å². The first-order valence-corrected chi connectivity index (χ1v) is 8.36. The van der Waals surface area contributed by atoms with E-state index < -0.39 is 9.84 Å². The number of hydrogen-bond donors (Lipinski definition) is 1. The molecule has 0 aromatic carbocycles. The average molecular weight is 263 g/mol. The molecule has 0 aliphatic carbocycles. The molecule has 1 N–H and O–H groups in total. The Morgan fingerprint density at radius 2 is 2.06 bits per heavy atom. The number of sulfone groups is 1. The van der Waals surface area contributed by atoms with Crippen molar-refractivity contribution in [2.24, 2.45) is 0 Å². The summed E-state index contributed by atoms with van der Waals surface area (Å²) in [4.78, 5) is 0. The summed E-state index contributed by atoms with van der Waals surface area (Å²) >= 11 is 0. The molecule has 0 spiro atoms. The molecule has 1 heterocycles. The zero-order valence-electron chi connectivity index (χ0n) is 10.9. The lowest BCUT2D eigenvalue weighted by Gasteiger charge is -2.32. The van der Waals surface area contributed by atoms with E-state index in [0.29, 0.717) is 19.0 Å². The number of rotatable bonds is 7. The van der Waals surface area contributed by atoms with Crippen molar-refractivity contribution in [1.29, 1.82) is 0 Å². The summed E-state index contributed by atoms with van der Waals surface area (Å²) in [6.07, 6.45) is 3.49. The molecule has 1 rings (SSSR count). The van der Waals surface area contributed by atoms with Gasteiger partial charge in [-0.25, -0.2) is 8.42 Å². The predicted molar refractivity (Wildman–Crippen MR) is 70.0 cm³/mol. The van der Waals surface area contributed by atoms with Crippen LogP contribution in [0.4, 0.5) is 0 Å². The van der Waals surface area contributed by atoms with Gasteiger partial charge in [-0.3, -0.25) is 0 Å². The maximum absolute atomic E-state index is 12.2. The third kappa shape index (κ3) is 4.56. The SMILES string of the molecule is CCCCS(=O)(=O)C1COCCC1NCCC. The van der Waals surface area contributed by atoms with E-state index in [-0.39, 0.29) is 11.3 Å². The van der Waals surface area contributed by atoms with E-state index in [1.54, 1.807) is 0 Å². The van der Waals surface area contributed by atoms with Gasteiger partial charge in [0.25, 0.3) is 0 Å². The molecule has 2 unspecified atom stereocenters. The predicted octanol–water partition coefficient (Wildman–Crippen LogP) is 1.36. The van der Waals surface area contributed by atoms with E-state index in [2.05, 4.69) is 12.2 Å². The van der Waals surface area contributed by atoms with Crippen molar-refractivity contribution in [3.8, 4) is 0 Å². The number of unbranched alkanes of at least 4 members (excludes halogenated alkanes) is 1. The molecule has 1 saturated heterocycles. The second-order valence-electron chi connectivity index (χ2n) is 4.68. The summed E-state index contributed by atoms with van der Waals surface area (Å²) in [5.74, 6) is 0.293. The van der Waals surface area contributed by atoms with E-state index in [1.165, 1.54) is 0 Å². The van der Waals surface area contributed by atoms with Gasteiger partial charge in [0.05, 0.1) is 17.6 Å². The first-order valence-electron chi connectivity index (χ1n) is 6.64. The molecule has 5 heteroatoms. The number of hydrogen-bond acceptors (Lipinski definition) is 4. The Labute approximate surface area is 105 Å². The third-order valence-electron chi connectivity index (χ3n) is 3.20. The van der Waals surface area contributed by atoms with Gasteiger partial charge in [-0.1, -0.05) is 20.3 Å². The minimum absolute atomic E-state index is 0.0746. The third-order valence-corrected chi connectivity index (χ3v) is 5.45. The van der Waals surface area contributed by atoms with E-state index in [9.17, 15) is 8.42 Å². The maximum Gasteiger partial charge on any atom is 0.156 e. The molecular weight excluding hydrogens is 238 g/mol. The minimum Gasteiger partial charge on any atom is -0.380 e. The molecule has 0 radical (unpaired) electrons. The fourth-order valence-electron chi connectivity index (χ4n) is 2.13. The Morgan fingerprint density at radius 3 is 2.71 bits per heavy atom. The molecule has 0 saturated carbocycles.